The van der Waals surface area contributed by atoms with Crippen LogP contribution in [0.2, 0.25) is 0 Å². The summed E-state index contributed by atoms with van der Waals surface area (Å²) >= 11 is 1.43. The molecule has 0 aliphatic carbocycles. The summed E-state index contributed by atoms with van der Waals surface area (Å²) < 4.78 is 35.8. The van der Waals surface area contributed by atoms with Gasteiger partial charge in [0.1, 0.15) is 45.8 Å². The standard InChI is InChI=1S/C25H18FN3O6S/c1-12-21(13(2)35-29-12)16-10-19-17(9-18(16)32-11-20-28-7-8-36-20)22(24(30)34-25(27)31)23(33-19)14-3-5-15(26)6-4-14/h3-10H,11H2,1-2H3,(H2,27,31). The van der Waals surface area contributed by atoms with Crippen LogP contribution in [0.15, 0.2) is 56.9 Å². The molecule has 0 saturated heterocycles. The van der Waals surface area contributed by atoms with Crippen LogP contribution in [0.3, 0.4) is 0 Å². The molecule has 0 bridgehead atoms. The van der Waals surface area contributed by atoms with Gasteiger partial charge in [-0.3, -0.25) is 0 Å². The minimum Gasteiger partial charge on any atom is -0.486 e. The van der Waals surface area contributed by atoms with Crippen molar-refractivity contribution < 1.29 is 32.4 Å². The number of fused-ring (bicyclic) bond motifs is 1. The number of nitrogens with two attached hydrogens (primary N) is 1. The van der Waals surface area contributed by atoms with Crippen LogP contribution in [-0.2, 0) is 11.3 Å². The molecule has 0 spiro atoms. The number of benzene rings is 2. The molecule has 3 aromatic heterocycles. The third kappa shape index (κ3) is 4.31. The fraction of sp³-hybridized carbons (Fsp3) is 0.120. The molecule has 2 aromatic carbocycles. The van der Waals surface area contributed by atoms with Gasteiger partial charge in [-0.25, -0.2) is 19.0 Å². The van der Waals surface area contributed by atoms with Gasteiger partial charge in [0.25, 0.3) is 0 Å². The van der Waals surface area contributed by atoms with Gasteiger partial charge in [-0.05, 0) is 50.2 Å². The molecule has 5 rings (SSSR count). The summed E-state index contributed by atoms with van der Waals surface area (Å²) in [6, 6.07) is 8.64. The lowest BCUT2D eigenvalue weighted by molar-refractivity contribution is 0.0640. The Bertz CT molecular complexity index is 1570. The van der Waals surface area contributed by atoms with E-state index in [2.05, 4.69) is 14.9 Å². The van der Waals surface area contributed by atoms with Crippen LogP contribution in [-0.4, -0.2) is 22.2 Å². The fourth-order valence-electron chi connectivity index (χ4n) is 3.92. The SMILES string of the molecule is Cc1noc(C)c1-c1cc2oc(-c3ccc(F)cc3)c(C(=O)OC(N)=O)c2cc1OCc1nccs1. The second-order valence-corrected chi connectivity index (χ2v) is 8.76. The number of rotatable bonds is 6. The van der Waals surface area contributed by atoms with Gasteiger partial charge in [0.2, 0.25) is 0 Å². The summed E-state index contributed by atoms with van der Waals surface area (Å²) in [5.41, 5.74) is 7.68. The number of esters is 1. The van der Waals surface area contributed by atoms with Crippen LogP contribution in [0, 0.1) is 19.7 Å². The lowest BCUT2D eigenvalue weighted by Crippen LogP contribution is -2.18. The van der Waals surface area contributed by atoms with Crippen molar-refractivity contribution in [3.63, 3.8) is 0 Å². The van der Waals surface area contributed by atoms with Crippen molar-refractivity contribution in [2.75, 3.05) is 0 Å². The number of carbonyl (C=O) groups excluding carboxylic acids is 2. The third-order valence-corrected chi connectivity index (χ3v) is 6.18. The number of hydrogen-bond acceptors (Lipinski definition) is 9. The second kappa shape index (κ2) is 9.27. The predicted octanol–water partition coefficient (Wildman–Crippen LogP) is 5.78. The highest BCUT2D eigenvalue weighted by atomic mass is 32.1. The van der Waals surface area contributed by atoms with Crippen LogP contribution in [0.4, 0.5) is 9.18 Å². The molecule has 36 heavy (non-hydrogen) atoms. The monoisotopic (exact) mass is 507 g/mol. The van der Waals surface area contributed by atoms with Gasteiger partial charge in [-0.15, -0.1) is 11.3 Å². The first-order valence-corrected chi connectivity index (χ1v) is 11.5. The Morgan fingerprint density at radius 1 is 1.17 bits per heavy atom. The van der Waals surface area contributed by atoms with Crippen molar-refractivity contribution in [1.29, 1.82) is 0 Å². The molecule has 0 atom stereocenters. The topological polar surface area (TPSA) is 131 Å². The van der Waals surface area contributed by atoms with Crippen molar-refractivity contribution in [3.05, 3.63) is 75.8 Å². The Labute approximate surface area is 207 Å². The minimum absolute atomic E-state index is 0.0557. The summed E-state index contributed by atoms with van der Waals surface area (Å²) in [7, 11) is 0. The molecule has 11 heteroatoms. The van der Waals surface area contributed by atoms with Gasteiger partial charge in [0, 0.05) is 28.1 Å². The summed E-state index contributed by atoms with van der Waals surface area (Å²) in [5, 5.41) is 6.92. The summed E-state index contributed by atoms with van der Waals surface area (Å²) in [4.78, 5) is 28.5. The first-order chi connectivity index (χ1) is 17.3. The number of halogens is 1. The summed E-state index contributed by atoms with van der Waals surface area (Å²) in [6.07, 6.45) is 0.400. The van der Waals surface area contributed by atoms with E-state index in [1.54, 1.807) is 32.2 Å². The maximum atomic E-state index is 13.6. The Balaban J connectivity index is 1.74. The summed E-state index contributed by atoms with van der Waals surface area (Å²) in [6.45, 7) is 3.73. The maximum absolute atomic E-state index is 13.6. The number of nitrogens with zero attached hydrogens (tertiary/aromatic N) is 2. The van der Waals surface area contributed by atoms with Crippen LogP contribution in [0.25, 0.3) is 33.4 Å². The zero-order chi connectivity index (χ0) is 25.4. The molecule has 5 aromatic rings. The molecule has 3 heterocycles. The largest absolute Gasteiger partial charge is 0.486 e. The van der Waals surface area contributed by atoms with E-state index >= 15 is 0 Å². The number of primary amides is 1. The summed E-state index contributed by atoms with van der Waals surface area (Å²) in [5.74, 6) is -0.444. The number of aryl methyl sites for hydroxylation is 2. The maximum Gasteiger partial charge on any atom is 0.412 e. The Morgan fingerprint density at radius 3 is 2.58 bits per heavy atom. The van der Waals surface area contributed by atoms with E-state index in [4.69, 9.17) is 19.4 Å². The van der Waals surface area contributed by atoms with Gasteiger partial charge >= 0.3 is 12.1 Å². The number of thiazole rings is 1. The van der Waals surface area contributed by atoms with E-state index in [0.29, 0.717) is 44.9 Å². The molecule has 0 fully saturated rings. The zero-order valence-corrected chi connectivity index (χ0v) is 19.8. The molecule has 0 radical (unpaired) electrons. The Kier molecular flexibility index (Phi) is 5.98. The van der Waals surface area contributed by atoms with Gasteiger partial charge in [0.05, 0.1) is 11.3 Å². The van der Waals surface area contributed by atoms with E-state index in [9.17, 15) is 14.0 Å². The van der Waals surface area contributed by atoms with Crippen molar-refractivity contribution >= 4 is 34.4 Å². The van der Waals surface area contributed by atoms with Gasteiger partial charge in [-0.1, -0.05) is 5.16 Å². The third-order valence-electron chi connectivity index (χ3n) is 5.43. The van der Waals surface area contributed by atoms with Crippen LogP contribution in [0.5, 0.6) is 5.75 Å². The Hall–Kier alpha value is -4.51. The number of aromatic nitrogens is 2. The quantitative estimate of drug-likeness (QED) is 0.226. The van der Waals surface area contributed by atoms with Gasteiger partial charge < -0.3 is 24.1 Å². The molecule has 0 aliphatic heterocycles. The first kappa shape index (κ1) is 23.2. The lowest BCUT2D eigenvalue weighted by Gasteiger charge is -2.11. The molecule has 0 unspecified atom stereocenters. The average Bonchev–Trinajstić information content (AvgIpc) is 3.56. The molecule has 1 amide bonds. The molecular formula is C25H18FN3O6S. The first-order valence-electron chi connectivity index (χ1n) is 10.6. The highest BCUT2D eigenvalue weighted by Gasteiger charge is 2.28. The van der Waals surface area contributed by atoms with Crippen LogP contribution >= 0.6 is 11.3 Å². The van der Waals surface area contributed by atoms with Crippen molar-refractivity contribution in [3.8, 4) is 28.2 Å². The van der Waals surface area contributed by atoms with Gasteiger partial charge in [0.15, 0.2) is 0 Å². The smallest absolute Gasteiger partial charge is 0.412 e. The van der Waals surface area contributed by atoms with Crippen LogP contribution < -0.4 is 10.5 Å². The van der Waals surface area contributed by atoms with Crippen LogP contribution in [0.1, 0.15) is 26.8 Å². The van der Waals surface area contributed by atoms with Crippen molar-refractivity contribution in [2.45, 2.75) is 20.5 Å². The molecular weight excluding hydrogens is 489 g/mol. The minimum atomic E-state index is -1.27. The molecule has 0 saturated carbocycles. The van der Waals surface area contributed by atoms with Gasteiger partial charge in [-0.2, -0.15) is 0 Å². The van der Waals surface area contributed by atoms with E-state index in [1.807, 2.05) is 5.38 Å². The van der Waals surface area contributed by atoms with Crippen molar-refractivity contribution in [1.82, 2.24) is 10.1 Å². The van der Waals surface area contributed by atoms with E-state index < -0.39 is 17.9 Å². The Morgan fingerprint density at radius 2 is 1.94 bits per heavy atom. The van der Waals surface area contributed by atoms with E-state index in [0.717, 1.165) is 5.01 Å². The molecule has 182 valence electrons. The normalized spacial score (nSPS) is 11.1. The highest BCUT2D eigenvalue weighted by Crippen LogP contribution is 2.42. The number of carbonyl (C=O) groups is 2. The number of amides is 1. The number of ether oxygens (including phenoxy) is 2. The van der Waals surface area contributed by atoms with E-state index in [-0.39, 0.29) is 17.9 Å². The average molecular weight is 507 g/mol. The van der Waals surface area contributed by atoms with E-state index in [1.165, 1.54) is 35.6 Å². The lowest BCUT2D eigenvalue weighted by atomic mass is 9.99. The fourth-order valence-corrected chi connectivity index (χ4v) is 4.45. The molecule has 0 aliphatic rings. The van der Waals surface area contributed by atoms with Crippen molar-refractivity contribution in [2.24, 2.45) is 5.73 Å². The molecule has 2 N–H and O–H groups in total. The zero-order valence-electron chi connectivity index (χ0n) is 19.0. The second-order valence-electron chi connectivity index (χ2n) is 7.78. The number of hydrogen-bond donors (Lipinski definition) is 1. The predicted molar refractivity (Wildman–Crippen MR) is 128 cm³/mol. The number of furan rings is 1. The molecule has 9 nitrogen and oxygen atoms in total. The highest BCUT2D eigenvalue weighted by molar-refractivity contribution is 7.09.